The number of methoxy groups -OCH3 is 1. The zero-order valence-electron chi connectivity index (χ0n) is 13.0. The van der Waals surface area contributed by atoms with Gasteiger partial charge in [0.2, 0.25) is 0 Å². The van der Waals surface area contributed by atoms with Crippen molar-refractivity contribution >= 4 is 0 Å². The molecule has 2 aromatic carbocycles. The fourth-order valence-corrected chi connectivity index (χ4v) is 2.81. The number of allylic oxidation sites excluding steroid dienone is 3. The first-order valence-electron chi connectivity index (χ1n) is 7.16. The highest BCUT2D eigenvalue weighted by Gasteiger charge is 2.31. The van der Waals surface area contributed by atoms with Crippen LogP contribution < -0.4 is 4.74 Å². The van der Waals surface area contributed by atoms with E-state index in [1.807, 2.05) is 24.3 Å². The van der Waals surface area contributed by atoms with Crippen LogP contribution in [0, 0.1) is 0 Å². The molecular weight excluding hydrogens is 256 g/mol. The first-order valence-corrected chi connectivity index (χ1v) is 7.16. The van der Waals surface area contributed by atoms with Gasteiger partial charge in [0.15, 0.2) is 0 Å². The summed E-state index contributed by atoms with van der Waals surface area (Å²) in [6.07, 6.45) is 4.07. The molecule has 21 heavy (non-hydrogen) atoms. The molecule has 0 N–H and O–H groups in total. The third-order valence-corrected chi connectivity index (χ3v) is 4.13. The molecule has 1 heteroatoms. The normalized spacial score (nSPS) is 14.3. The predicted octanol–water partition coefficient (Wildman–Crippen LogP) is 5.13. The van der Waals surface area contributed by atoms with Crippen LogP contribution in [0.4, 0.5) is 0 Å². The molecule has 0 saturated carbocycles. The maximum Gasteiger partial charge on any atom is 0.118 e. The zero-order valence-corrected chi connectivity index (χ0v) is 13.0. The Hall–Kier alpha value is -2.28. The molecule has 0 aliphatic rings. The Morgan fingerprint density at radius 2 is 1.57 bits per heavy atom. The van der Waals surface area contributed by atoms with Crippen LogP contribution >= 0.6 is 0 Å². The molecule has 2 aromatic rings. The number of hydrogen-bond donors (Lipinski definition) is 0. The lowest BCUT2D eigenvalue weighted by atomic mass is 9.70. The molecule has 0 aliphatic heterocycles. The molecule has 0 aromatic heterocycles. The number of hydrogen-bond acceptors (Lipinski definition) is 1. The molecule has 0 aliphatic carbocycles. The number of benzene rings is 2. The second-order valence-electron chi connectivity index (χ2n) is 5.17. The second kappa shape index (κ2) is 6.45. The van der Waals surface area contributed by atoms with Crippen LogP contribution in [0.3, 0.4) is 0 Å². The minimum atomic E-state index is -0.218. The van der Waals surface area contributed by atoms with Gasteiger partial charge in [0.25, 0.3) is 0 Å². The van der Waals surface area contributed by atoms with Crippen molar-refractivity contribution in [2.24, 2.45) is 0 Å². The van der Waals surface area contributed by atoms with Crippen LogP contribution in [0.1, 0.15) is 25.0 Å². The van der Waals surface area contributed by atoms with E-state index >= 15 is 0 Å². The maximum absolute atomic E-state index is 5.27. The van der Waals surface area contributed by atoms with Gasteiger partial charge in [-0.3, -0.25) is 0 Å². The van der Waals surface area contributed by atoms with Gasteiger partial charge in [-0.05, 0) is 42.7 Å². The van der Waals surface area contributed by atoms with Gasteiger partial charge < -0.3 is 4.74 Å². The first-order chi connectivity index (χ1) is 10.2. The molecule has 1 nitrogen and oxygen atoms in total. The minimum Gasteiger partial charge on any atom is -0.497 e. The Bertz CT molecular complexity index is 623. The third-order valence-electron chi connectivity index (χ3n) is 4.13. The monoisotopic (exact) mass is 278 g/mol. The second-order valence-corrected chi connectivity index (χ2v) is 5.17. The van der Waals surface area contributed by atoms with Crippen molar-refractivity contribution in [3.8, 4) is 5.75 Å². The molecule has 108 valence electrons. The van der Waals surface area contributed by atoms with Crippen LogP contribution in [-0.4, -0.2) is 7.11 Å². The van der Waals surface area contributed by atoms with E-state index < -0.39 is 0 Å². The van der Waals surface area contributed by atoms with E-state index in [4.69, 9.17) is 4.74 Å². The van der Waals surface area contributed by atoms with E-state index in [-0.39, 0.29) is 5.41 Å². The maximum atomic E-state index is 5.27. The third kappa shape index (κ3) is 2.78. The first kappa shape index (κ1) is 15.1. The van der Waals surface area contributed by atoms with E-state index in [1.54, 1.807) is 7.11 Å². The Kier molecular flexibility index (Phi) is 4.64. The summed E-state index contributed by atoms with van der Waals surface area (Å²) >= 11 is 0. The Labute approximate surface area is 127 Å². The standard InChI is InChI=1S/C20H22O/c1-5-16(6-2)20(3,17-10-8-7-9-11-17)18-12-14-19(21-4)15-13-18/h5-15H,1H2,2-4H3/b16-6+. The van der Waals surface area contributed by atoms with Gasteiger partial charge >= 0.3 is 0 Å². The summed E-state index contributed by atoms with van der Waals surface area (Å²) in [5, 5.41) is 0. The lowest BCUT2D eigenvalue weighted by molar-refractivity contribution is 0.414. The fourth-order valence-electron chi connectivity index (χ4n) is 2.81. The summed E-state index contributed by atoms with van der Waals surface area (Å²) in [5.41, 5.74) is 3.45. The van der Waals surface area contributed by atoms with Crippen molar-refractivity contribution in [3.63, 3.8) is 0 Å². The Morgan fingerprint density at radius 3 is 2.05 bits per heavy atom. The topological polar surface area (TPSA) is 9.23 Å². The Balaban J connectivity index is 2.63. The fraction of sp³-hybridized carbons (Fsp3) is 0.200. The van der Waals surface area contributed by atoms with Crippen molar-refractivity contribution in [1.82, 2.24) is 0 Å². The minimum absolute atomic E-state index is 0.218. The van der Waals surface area contributed by atoms with E-state index in [0.717, 1.165) is 5.75 Å². The summed E-state index contributed by atoms with van der Waals surface area (Å²) < 4.78 is 5.27. The molecule has 1 atom stereocenters. The van der Waals surface area contributed by atoms with Gasteiger partial charge in [0.1, 0.15) is 5.75 Å². The molecule has 0 fully saturated rings. The van der Waals surface area contributed by atoms with Crippen molar-refractivity contribution in [1.29, 1.82) is 0 Å². The smallest absolute Gasteiger partial charge is 0.118 e. The van der Waals surface area contributed by atoms with E-state index in [9.17, 15) is 0 Å². The van der Waals surface area contributed by atoms with Gasteiger partial charge in [-0.25, -0.2) is 0 Å². The lowest BCUT2D eigenvalue weighted by Gasteiger charge is -2.32. The van der Waals surface area contributed by atoms with Crippen LogP contribution in [-0.2, 0) is 5.41 Å². The van der Waals surface area contributed by atoms with E-state index in [2.05, 4.69) is 62.9 Å². The van der Waals surface area contributed by atoms with Crippen molar-refractivity contribution in [3.05, 3.63) is 90.0 Å². The van der Waals surface area contributed by atoms with Gasteiger partial charge in [0.05, 0.1) is 7.11 Å². The molecule has 0 radical (unpaired) electrons. The van der Waals surface area contributed by atoms with Gasteiger partial charge in [0, 0.05) is 5.41 Å². The van der Waals surface area contributed by atoms with E-state index in [0.29, 0.717) is 0 Å². The Morgan fingerprint density at radius 1 is 1.00 bits per heavy atom. The van der Waals surface area contributed by atoms with E-state index in [1.165, 1.54) is 16.7 Å². The van der Waals surface area contributed by atoms with Gasteiger partial charge in [-0.1, -0.05) is 61.2 Å². The zero-order chi connectivity index (χ0) is 15.3. The van der Waals surface area contributed by atoms with Gasteiger partial charge in [-0.2, -0.15) is 0 Å². The molecule has 2 rings (SSSR count). The highest BCUT2D eigenvalue weighted by atomic mass is 16.5. The van der Waals surface area contributed by atoms with Crippen LogP contribution in [0.2, 0.25) is 0 Å². The number of ether oxygens (including phenoxy) is 1. The average Bonchev–Trinajstić information content (AvgIpc) is 2.56. The van der Waals surface area contributed by atoms with Crippen LogP contribution in [0.15, 0.2) is 78.9 Å². The molecule has 0 bridgehead atoms. The summed E-state index contributed by atoms with van der Waals surface area (Å²) in [6, 6.07) is 18.8. The highest BCUT2D eigenvalue weighted by Crippen LogP contribution is 2.39. The number of rotatable bonds is 5. The predicted molar refractivity (Wildman–Crippen MR) is 89.8 cm³/mol. The molecule has 1 unspecified atom stereocenters. The molecule has 0 amide bonds. The van der Waals surface area contributed by atoms with Gasteiger partial charge in [-0.15, -0.1) is 0 Å². The highest BCUT2D eigenvalue weighted by molar-refractivity contribution is 5.51. The van der Waals surface area contributed by atoms with Crippen LogP contribution in [0.5, 0.6) is 5.75 Å². The average molecular weight is 278 g/mol. The van der Waals surface area contributed by atoms with Crippen LogP contribution in [0.25, 0.3) is 0 Å². The lowest BCUT2D eigenvalue weighted by Crippen LogP contribution is -2.25. The summed E-state index contributed by atoms with van der Waals surface area (Å²) in [4.78, 5) is 0. The van der Waals surface area contributed by atoms with Crippen molar-refractivity contribution in [2.75, 3.05) is 7.11 Å². The molecular formula is C20H22O. The molecule has 0 saturated heterocycles. The molecule has 0 heterocycles. The summed E-state index contributed by atoms with van der Waals surface area (Å²) in [7, 11) is 1.69. The molecule has 0 spiro atoms. The van der Waals surface area contributed by atoms with Crippen molar-refractivity contribution in [2.45, 2.75) is 19.3 Å². The SMILES string of the molecule is C=C/C(=C\C)C(C)(c1ccccc1)c1ccc(OC)cc1. The van der Waals surface area contributed by atoms with Crippen molar-refractivity contribution < 1.29 is 4.74 Å². The largest absolute Gasteiger partial charge is 0.497 e. The quantitative estimate of drug-likeness (QED) is 0.689. The summed E-state index contributed by atoms with van der Waals surface area (Å²) in [5.74, 6) is 0.870. The summed E-state index contributed by atoms with van der Waals surface area (Å²) in [6.45, 7) is 8.28.